The number of ether oxygens (including phenoxy) is 1. The molecule has 0 atom stereocenters. The number of hydrogen-bond acceptors (Lipinski definition) is 4. The lowest BCUT2D eigenvalue weighted by Crippen LogP contribution is -2.33. The molecule has 0 saturated heterocycles. The molecule has 0 heterocycles. The highest BCUT2D eigenvalue weighted by Crippen LogP contribution is 2.25. The summed E-state index contributed by atoms with van der Waals surface area (Å²) >= 11 is 0. The molecule has 2 aromatic rings. The number of aryl methyl sites for hydroxylation is 1. The fraction of sp³-hybridized carbons (Fsp3) is 0.409. The van der Waals surface area contributed by atoms with Crippen molar-refractivity contribution in [1.29, 1.82) is 0 Å². The first-order valence-electron chi connectivity index (χ1n) is 9.71. The maximum absolute atomic E-state index is 12.2. The Labute approximate surface area is 173 Å². The molecule has 2 rings (SSSR count). The first kappa shape index (κ1) is 22.9. The smallest absolute Gasteiger partial charge is 0.232 e. The van der Waals surface area contributed by atoms with Gasteiger partial charge in [-0.2, -0.15) is 0 Å². The highest BCUT2D eigenvalue weighted by atomic mass is 32.2. The van der Waals surface area contributed by atoms with Gasteiger partial charge in [0.2, 0.25) is 15.9 Å². The van der Waals surface area contributed by atoms with Crippen molar-refractivity contribution in [2.75, 3.05) is 30.3 Å². The largest absolute Gasteiger partial charge is 0.375 e. The molecule has 0 aliphatic rings. The number of hydrogen-bond donors (Lipinski definition) is 1. The van der Waals surface area contributed by atoms with Gasteiger partial charge in [-0.05, 0) is 43.0 Å². The van der Waals surface area contributed by atoms with Crippen molar-refractivity contribution in [3.63, 3.8) is 0 Å². The van der Waals surface area contributed by atoms with Crippen LogP contribution in [0, 0.1) is 13.8 Å². The van der Waals surface area contributed by atoms with Crippen LogP contribution in [0.25, 0.3) is 0 Å². The molecule has 0 aliphatic carbocycles. The number of sulfonamides is 1. The third kappa shape index (κ3) is 7.51. The van der Waals surface area contributed by atoms with Crippen LogP contribution in [-0.2, 0) is 26.2 Å². The molecule has 0 saturated carbocycles. The van der Waals surface area contributed by atoms with Crippen LogP contribution >= 0.6 is 0 Å². The Kier molecular flexibility index (Phi) is 8.67. The lowest BCUT2D eigenvalue weighted by atomic mass is 10.1. The predicted molar refractivity (Wildman–Crippen MR) is 116 cm³/mol. The van der Waals surface area contributed by atoms with Crippen LogP contribution in [0.15, 0.2) is 48.5 Å². The zero-order valence-corrected chi connectivity index (χ0v) is 18.2. The van der Waals surface area contributed by atoms with E-state index in [2.05, 4.69) is 5.32 Å². The highest BCUT2D eigenvalue weighted by Gasteiger charge is 2.19. The van der Waals surface area contributed by atoms with Gasteiger partial charge in [0, 0.05) is 19.5 Å². The van der Waals surface area contributed by atoms with Crippen LogP contribution in [0.1, 0.15) is 29.5 Å². The van der Waals surface area contributed by atoms with E-state index >= 15 is 0 Å². The number of rotatable bonds is 11. The van der Waals surface area contributed by atoms with Gasteiger partial charge < -0.3 is 10.1 Å². The van der Waals surface area contributed by atoms with E-state index in [1.54, 1.807) is 6.07 Å². The molecule has 0 unspecified atom stereocenters. The SMILES string of the molecule is Cc1cccc(N(CCCC(=O)NCCOCc2ccccc2)S(C)(=O)=O)c1C. The van der Waals surface area contributed by atoms with E-state index < -0.39 is 10.0 Å². The van der Waals surface area contributed by atoms with Crippen molar-refractivity contribution in [2.45, 2.75) is 33.3 Å². The Morgan fingerprint density at radius 2 is 1.79 bits per heavy atom. The van der Waals surface area contributed by atoms with Gasteiger partial charge in [-0.1, -0.05) is 42.5 Å². The molecule has 0 fully saturated rings. The van der Waals surface area contributed by atoms with Crippen molar-refractivity contribution in [1.82, 2.24) is 5.32 Å². The Hall–Kier alpha value is -2.38. The summed E-state index contributed by atoms with van der Waals surface area (Å²) in [4.78, 5) is 12.0. The van der Waals surface area contributed by atoms with Crippen LogP contribution in [0.2, 0.25) is 0 Å². The second-order valence-electron chi connectivity index (χ2n) is 7.05. The standard InChI is InChI=1S/C22H30N2O4S/c1-18-9-7-12-21(19(18)2)24(29(3,26)27)15-8-13-22(25)23-14-16-28-17-20-10-5-4-6-11-20/h4-7,9-12H,8,13-17H2,1-3H3,(H,23,25). The summed E-state index contributed by atoms with van der Waals surface area (Å²) in [5, 5.41) is 2.81. The summed E-state index contributed by atoms with van der Waals surface area (Å²) in [5.41, 5.74) is 3.72. The molecule has 0 radical (unpaired) electrons. The summed E-state index contributed by atoms with van der Waals surface area (Å²) in [7, 11) is -3.42. The Balaban J connectivity index is 1.74. The lowest BCUT2D eigenvalue weighted by Gasteiger charge is -2.24. The molecular weight excluding hydrogens is 388 g/mol. The quantitative estimate of drug-likeness (QED) is 0.569. The van der Waals surface area contributed by atoms with Crippen LogP contribution < -0.4 is 9.62 Å². The average Bonchev–Trinajstić information content (AvgIpc) is 2.67. The third-order valence-corrected chi connectivity index (χ3v) is 5.87. The first-order valence-corrected chi connectivity index (χ1v) is 11.6. The Morgan fingerprint density at radius 3 is 2.48 bits per heavy atom. The maximum atomic E-state index is 12.2. The summed E-state index contributed by atoms with van der Waals surface area (Å²) in [5.74, 6) is -0.109. The molecule has 158 valence electrons. The molecule has 29 heavy (non-hydrogen) atoms. The maximum Gasteiger partial charge on any atom is 0.232 e. The van der Waals surface area contributed by atoms with Gasteiger partial charge in [-0.25, -0.2) is 8.42 Å². The minimum absolute atomic E-state index is 0.109. The van der Waals surface area contributed by atoms with E-state index in [-0.39, 0.29) is 18.9 Å². The van der Waals surface area contributed by atoms with E-state index in [9.17, 15) is 13.2 Å². The molecule has 0 bridgehead atoms. The minimum atomic E-state index is -3.42. The molecule has 2 aromatic carbocycles. The van der Waals surface area contributed by atoms with Crippen molar-refractivity contribution in [3.05, 3.63) is 65.2 Å². The molecule has 0 aromatic heterocycles. The normalized spacial score (nSPS) is 11.3. The zero-order chi connectivity index (χ0) is 21.3. The fourth-order valence-electron chi connectivity index (χ4n) is 2.97. The molecular formula is C22H30N2O4S. The number of carbonyl (C=O) groups excluding carboxylic acids is 1. The van der Waals surface area contributed by atoms with Gasteiger partial charge in [0.25, 0.3) is 0 Å². The third-order valence-electron chi connectivity index (χ3n) is 4.69. The zero-order valence-electron chi connectivity index (χ0n) is 17.3. The van der Waals surface area contributed by atoms with E-state index in [1.165, 1.54) is 10.6 Å². The Morgan fingerprint density at radius 1 is 1.07 bits per heavy atom. The van der Waals surface area contributed by atoms with Gasteiger partial charge >= 0.3 is 0 Å². The number of anilines is 1. The monoisotopic (exact) mass is 418 g/mol. The van der Waals surface area contributed by atoms with Crippen LogP contribution in [0.5, 0.6) is 0 Å². The average molecular weight is 419 g/mol. The minimum Gasteiger partial charge on any atom is -0.375 e. The van der Waals surface area contributed by atoms with Gasteiger partial charge in [-0.15, -0.1) is 0 Å². The summed E-state index contributed by atoms with van der Waals surface area (Å²) in [6, 6.07) is 15.4. The molecule has 1 amide bonds. The first-order chi connectivity index (χ1) is 13.8. The van der Waals surface area contributed by atoms with E-state index in [0.29, 0.717) is 31.9 Å². The van der Waals surface area contributed by atoms with Gasteiger partial charge in [0.05, 0.1) is 25.2 Å². The number of carbonyl (C=O) groups is 1. The van der Waals surface area contributed by atoms with Crippen molar-refractivity contribution in [3.8, 4) is 0 Å². The van der Waals surface area contributed by atoms with Gasteiger partial charge in [0.1, 0.15) is 0 Å². The van der Waals surface area contributed by atoms with Crippen molar-refractivity contribution >= 4 is 21.6 Å². The van der Waals surface area contributed by atoms with Crippen LogP contribution in [0.4, 0.5) is 5.69 Å². The number of nitrogens with zero attached hydrogens (tertiary/aromatic N) is 1. The summed E-state index contributed by atoms with van der Waals surface area (Å²) in [6.45, 7) is 5.49. The molecule has 0 aliphatic heterocycles. The number of benzene rings is 2. The summed E-state index contributed by atoms with van der Waals surface area (Å²) in [6.07, 6.45) is 1.89. The second kappa shape index (κ2) is 11.0. The molecule has 7 heteroatoms. The number of nitrogens with one attached hydrogen (secondary N) is 1. The molecule has 6 nitrogen and oxygen atoms in total. The van der Waals surface area contributed by atoms with E-state index in [1.807, 2.05) is 56.3 Å². The van der Waals surface area contributed by atoms with E-state index in [0.717, 1.165) is 16.7 Å². The van der Waals surface area contributed by atoms with E-state index in [4.69, 9.17) is 4.74 Å². The fourth-order valence-corrected chi connectivity index (χ4v) is 3.99. The van der Waals surface area contributed by atoms with Crippen LogP contribution in [-0.4, -0.2) is 40.3 Å². The predicted octanol–water partition coefficient (Wildman–Crippen LogP) is 3.18. The second-order valence-corrected chi connectivity index (χ2v) is 8.95. The topological polar surface area (TPSA) is 75.7 Å². The lowest BCUT2D eigenvalue weighted by molar-refractivity contribution is -0.121. The molecule has 0 spiro atoms. The number of amides is 1. The van der Waals surface area contributed by atoms with Crippen molar-refractivity contribution < 1.29 is 17.9 Å². The van der Waals surface area contributed by atoms with Gasteiger partial charge in [0.15, 0.2) is 0 Å². The highest BCUT2D eigenvalue weighted by molar-refractivity contribution is 7.92. The van der Waals surface area contributed by atoms with Crippen molar-refractivity contribution in [2.24, 2.45) is 0 Å². The van der Waals surface area contributed by atoms with Crippen LogP contribution in [0.3, 0.4) is 0 Å². The molecule has 1 N–H and O–H groups in total. The Bertz CT molecular complexity index is 898. The summed E-state index contributed by atoms with van der Waals surface area (Å²) < 4.78 is 31.4. The van der Waals surface area contributed by atoms with Gasteiger partial charge in [-0.3, -0.25) is 9.10 Å².